The quantitative estimate of drug-likeness (QED) is 0.886. The van der Waals surface area contributed by atoms with E-state index in [0.29, 0.717) is 0 Å². The van der Waals surface area contributed by atoms with Crippen LogP contribution in [0.5, 0.6) is 0 Å². The average molecular weight is 295 g/mol. The summed E-state index contributed by atoms with van der Waals surface area (Å²) in [5.41, 5.74) is -0.0974. The molecule has 1 aliphatic rings. The maximum absolute atomic E-state index is 11.4. The van der Waals surface area contributed by atoms with Gasteiger partial charge in [-0.3, -0.25) is 0 Å². The van der Waals surface area contributed by atoms with Crippen molar-refractivity contribution in [2.45, 2.75) is 18.8 Å². The predicted molar refractivity (Wildman–Crippen MR) is 82.5 cm³/mol. The van der Waals surface area contributed by atoms with Crippen molar-refractivity contribution in [2.24, 2.45) is 0 Å². The van der Waals surface area contributed by atoms with E-state index in [2.05, 4.69) is 15.0 Å². The molecule has 0 spiro atoms. The molecule has 21 heavy (non-hydrogen) atoms. The monoisotopic (exact) mass is 295 g/mol. The number of H-pyrrole nitrogens is 1. The van der Waals surface area contributed by atoms with Gasteiger partial charge in [0.15, 0.2) is 0 Å². The molecule has 5 heteroatoms. The number of carbonyl (C=O) groups is 1. The highest BCUT2D eigenvalue weighted by Crippen LogP contribution is 2.21. The molecule has 3 rings (SSSR count). The molecule has 1 aromatic heterocycles. The van der Waals surface area contributed by atoms with Crippen molar-refractivity contribution in [2.75, 3.05) is 27.2 Å². The number of hydrogen-bond acceptors (Lipinski definition) is 3. The van der Waals surface area contributed by atoms with Gasteiger partial charge >= 0.3 is 6.09 Å². The molecule has 2 heterocycles. The maximum Gasteiger partial charge on any atom is 0.407 e. The fourth-order valence-electron chi connectivity index (χ4n) is 2.01. The van der Waals surface area contributed by atoms with Crippen LogP contribution in [-0.2, 0) is 17.5 Å². The van der Waals surface area contributed by atoms with Gasteiger partial charge in [0.05, 0.1) is 14.3 Å². The van der Waals surface area contributed by atoms with E-state index in [0.717, 1.165) is 0 Å². The van der Waals surface area contributed by atoms with Gasteiger partial charge in [-0.2, -0.15) is 0 Å². The number of carbonyl (C=O) groups excluding carboxylic acids is 1. The molecule has 0 aliphatic carbocycles. The van der Waals surface area contributed by atoms with Gasteiger partial charge in [-0.1, -0.05) is 6.04 Å². The van der Waals surface area contributed by atoms with Gasteiger partial charge in [0.1, 0.15) is 6.56 Å². The summed E-state index contributed by atoms with van der Waals surface area (Å²) in [5.74, 6) is 0. The Kier molecular flexibility index (Phi) is 2.01. The van der Waals surface area contributed by atoms with Crippen molar-refractivity contribution >= 4 is 17.0 Å². The summed E-state index contributed by atoms with van der Waals surface area (Å²) in [6, 6.07) is -2.11. The Bertz CT molecular complexity index is 989. The third-order valence-corrected chi connectivity index (χ3v) is 2.99. The Labute approximate surface area is 135 Å². The molecule has 1 atom stereocenters. The van der Waals surface area contributed by atoms with Gasteiger partial charge in [0.25, 0.3) is 0 Å². The summed E-state index contributed by atoms with van der Waals surface area (Å²) in [5, 5.41) is 2.32. The lowest BCUT2D eigenvalue weighted by molar-refractivity contribution is 0.177. The van der Waals surface area contributed by atoms with Crippen molar-refractivity contribution in [1.29, 1.82) is 0 Å². The molecule has 0 radical (unpaired) electrons. The fraction of sp³-hybridized carbons (Fsp3) is 0.438. The van der Waals surface area contributed by atoms with Crippen LogP contribution in [0, 0.1) is 0 Å². The number of cyclic esters (lactones) is 1. The van der Waals surface area contributed by atoms with Crippen molar-refractivity contribution in [3.63, 3.8) is 0 Å². The number of amides is 1. The lowest BCUT2D eigenvalue weighted by Crippen LogP contribution is -2.28. The van der Waals surface area contributed by atoms with Gasteiger partial charge in [-0.05, 0) is 50.1 Å². The summed E-state index contributed by atoms with van der Waals surface area (Å²) < 4.78 is 70.2. The maximum atomic E-state index is 11.4. The van der Waals surface area contributed by atoms with Crippen molar-refractivity contribution in [3.8, 4) is 0 Å². The average Bonchev–Trinajstić information content (AvgIpc) is 3.04. The van der Waals surface area contributed by atoms with E-state index >= 15 is 0 Å². The highest BCUT2D eigenvalue weighted by molar-refractivity contribution is 5.84. The predicted octanol–water partition coefficient (Wildman–Crippen LogP) is 1.92. The molecule has 112 valence electrons. The number of aromatic amines is 1. The Hall–Kier alpha value is -2.01. The first-order chi connectivity index (χ1) is 13.3. The van der Waals surface area contributed by atoms with Crippen LogP contribution < -0.4 is 5.32 Å². The minimum Gasteiger partial charge on any atom is -0.447 e. The van der Waals surface area contributed by atoms with Crippen LogP contribution in [0.1, 0.15) is 22.1 Å². The zero-order chi connectivity index (χ0) is 21.9. The van der Waals surface area contributed by atoms with Gasteiger partial charge in [-0.15, -0.1) is 0 Å². The number of alkyl carbamates (subject to hydrolysis) is 1. The normalized spacial score (nSPS) is 26.8. The van der Waals surface area contributed by atoms with Crippen LogP contribution in [0.3, 0.4) is 0 Å². The SMILES string of the molecule is [2H]c1[nH]c2c([2H])c([2H])c(C[C@@H]3NC(=O)OC3([2H])[2H])c([2H])c2c1C([2H])([2H])CN(C)C. The molecule has 1 fully saturated rings. The fourth-order valence-corrected chi connectivity index (χ4v) is 2.01. The second-order valence-electron chi connectivity index (χ2n) is 5.05. The molecular formula is C16H21N3O2. The molecule has 1 aromatic carbocycles. The Balaban J connectivity index is 2.21. The van der Waals surface area contributed by atoms with Gasteiger partial charge in [-0.25, -0.2) is 4.79 Å². The molecule has 0 unspecified atom stereocenters. The first kappa shape index (κ1) is 7.31. The third kappa shape index (κ3) is 3.19. The molecule has 1 amide bonds. The van der Waals surface area contributed by atoms with E-state index in [1.165, 1.54) is 0 Å². The molecule has 1 saturated heterocycles. The largest absolute Gasteiger partial charge is 0.447 e. The Morgan fingerprint density at radius 1 is 1.57 bits per heavy atom. The molecule has 5 nitrogen and oxygen atoms in total. The zero-order valence-electron chi connectivity index (χ0n) is 19.8. The molecule has 2 N–H and O–H groups in total. The number of nitrogens with zero attached hydrogens (tertiary/aromatic N) is 1. The zero-order valence-corrected chi connectivity index (χ0v) is 11.8. The first-order valence-electron chi connectivity index (χ1n) is 10.5. The topological polar surface area (TPSA) is 57.4 Å². The van der Waals surface area contributed by atoms with E-state index in [-0.39, 0.29) is 59.3 Å². The summed E-state index contributed by atoms with van der Waals surface area (Å²) in [7, 11) is 3.35. The summed E-state index contributed by atoms with van der Waals surface area (Å²) in [6.45, 7) is -2.42. The molecule has 0 saturated carbocycles. The highest BCUT2D eigenvalue weighted by atomic mass is 16.6. The van der Waals surface area contributed by atoms with Gasteiger partial charge in [0, 0.05) is 26.4 Å². The van der Waals surface area contributed by atoms with Crippen molar-refractivity contribution < 1.29 is 20.5 Å². The van der Waals surface area contributed by atoms with Crippen LogP contribution >= 0.6 is 0 Å². The number of hydrogen-bond donors (Lipinski definition) is 2. The highest BCUT2D eigenvalue weighted by Gasteiger charge is 2.22. The van der Waals surface area contributed by atoms with E-state index in [1.54, 1.807) is 19.0 Å². The van der Waals surface area contributed by atoms with E-state index in [9.17, 15) is 4.79 Å². The number of nitrogens with one attached hydrogen (secondary N) is 2. The minimum atomic E-state index is -2.35. The molecule has 1 aliphatic heterocycles. The van der Waals surface area contributed by atoms with Crippen LogP contribution in [0.2, 0.25) is 0 Å². The van der Waals surface area contributed by atoms with Gasteiger partial charge in [0.2, 0.25) is 0 Å². The van der Waals surface area contributed by atoms with Crippen LogP contribution in [-0.4, -0.2) is 49.2 Å². The molecule has 2 aromatic rings. The smallest absolute Gasteiger partial charge is 0.407 e. The van der Waals surface area contributed by atoms with Gasteiger partial charge < -0.3 is 19.9 Å². The number of fused-ring (bicyclic) bond motifs is 1. The number of likely N-dealkylation sites (N-methyl/N-ethyl adjacent to an activating group) is 1. The Morgan fingerprint density at radius 2 is 2.43 bits per heavy atom. The van der Waals surface area contributed by atoms with E-state index in [4.69, 9.17) is 11.0 Å². The van der Waals surface area contributed by atoms with Crippen LogP contribution in [0.25, 0.3) is 10.9 Å². The van der Waals surface area contributed by atoms with Crippen molar-refractivity contribution in [1.82, 2.24) is 15.2 Å². The van der Waals surface area contributed by atoms with E-state index in [1.807, 2.05) is 0 Å². The Morgan fingerprint density at radius 3 is 3.14 bits per heavy atom. The summed E-state index contributed by atoms with van der Waals surface area (Å²) in [4.78, 5) is 15.6. The second-order valence-corrected chi connectivity index (χ2v) is 5.05. The standard InChI is InChI=1S/C16H21N3O2/c1-19(2)6-5-12-9-17-15-4-3-11(8-14(12)15)7-13-10-21-16(20)18-13/h3-4,8-9,13,17H,5-7,10H2,1-2H3,(H,18,20)/t13-/m0/s1/i3D,4D,5D2,8D,9D,10D2. The van der Waals surface area contributed by atoms with E-state index < -0.39 is 25.1 Å². The van der Waals surface area contributed by atoms with Crippen LogP contribution in [0.15, 0.2) is 24.3 Å². The third-order valence-electron chi connectivity index (χ3n) is 2.99. The number of rotatable bonds is 5. The summed E-state index contributed by atoms with van der Waals surface area (Å²) in [6.07, 6.45) is -3.53. The second kappa shape index (κ2) is 5.77. The number of ether oxygens (including phenoxy) is 1. The summed E-state index contributed by atoms with van der Waals surface area (Å²) >= 11 is 0. The molecule has 0 bridgehead atoms. The lowest BCUT2D eigenvalue weighted by Gasteiger charge is -2.09. The lowest BCUT2D eigenvalue weighted by atomic mass is 10.0. The number of aromatic nitrogens is 1. The molecular weight excluding hydrogens is 266 g/mol. The number of benzene rings is 1. The van der Waals surface area contributed by atoms with Crippen molar-refractivity contribution in [3.05, 3.63) is 35.4 Å². The minimum absolute atomic E-state index is 0.0149. The van der Waals surface area contributed by atoms with Crippen LogP contribution in [0.4, 0.5) is 4.79 Å². The first-order valence-corrected chi connectivity index (χ1v) is 6.52.